The lowest BCUT2D eigenvalue weighted by atomic mass is 10.2. The molecule has 1 aliphatic rings. The number of likely N-dealkylation sites (N-methyl/N-ethyl adjacent to an activating group) is 1. The molecule has 2 N–H and O–H groups in total. The molecule has 8 nitrogen and oxygen atoms in total. The first-order valence-corrected chi connectivity index (χ1v) is 12.0. The summed E-state index contributed by atoms with van der Waals surface area (Å²) in [4.78, 5) is 26.5. The number of halogens is 1. The predicted octanol–water partition coefficient (Wildman–Crippen LogP) is 4.30. The van der Waals surface area contributed by atoms with Crippen LogP contribution in [0.5, 0.6) is 0 Å². The molecular weight excluding hydrogens is 482 g/mol. The molecule has 9 heteroatoms. The smallest absolute Gasteiger partial charge is 0.274 e. The van der Waals surface area contributed by atoms with Gasteiger partial charge in [-0.15, -0.1) is 0 Å². The molecule has 0 aliphatic carbocycles. The minimum atomic E-state index is -0.0780. The first kappa shape index (κ1) is 23.3. The second-order valence-electron chi connectivity index (χ2n) is 8.75. The van der Waals surface area contributed by atoms with Crippen molar-refractivity contribution in [2.45, 2.75) is 20.4 Å². The van der Waals surface area contributed by atoms with E-state index in [1.807, 2.05) is 18.2 Å². The summed E-state index contributed by atoms with van der Waals surface area (Å²) in [6, 6.07) is 11.9. The Kier molecular flexibility index (Phi) is 7.29. The third-order valence-corrected chi connectivity index (χ3v) is 6.15. The summed E-state index contributed by atoms with van der Waals surface area (Å²) in [5.41, 5.74) is 2.51. The van der Waals surface area contributed by atoms with E-state index in [1.54, 1.807) is 23.0 Å². The van der Waals surface area contributed by atoms with Crippen LogP contribution in [0.25, 0.3) is 0 Å². The van der Waals surface area contributed by atoms with Gasteiger partial charge in [-0.3, -0.25) is 4.79 Å². The van der Waals surface area contributed by atoms with Gasteiger partial charge in [0.15, 0.2) is 5.82 Å². The highest BCUT2D eigenvalue weighted by atomic mass is 79.9. The fraction of sp³-hybridized carbons (Fsp3) is 0.375. The Hall–Kier alpha value is -2.91. The third kappa shape index (κ3) is 5.91. The number of benzene rings is 1. The van der Waals surface area contributed by atoms with Crippen molar-refractivity contribution in [1.82, 2.24) is 19.4 Å². The molecule has 3 aromatic rings. The van der Waals surface area contributed by atoms with Crippen LogP contribution < -0.4 is 21.1 Å². The van der Waals surface area contributed by atoms with Crippen LogP contribution in [-0.4, -0.2) is 52.7 Å². The van der Waals surface area contributed by atoms with Gasteiger partial charge in [0, 0.05) is 56.5 Å². The SMILES string of the molecule is CC(C)Cn1cccc(Nc2nc(Nc3ccc(N4CCN(C)CC4)cc3)ncc2Br)c1=O. The minimum absolute atomic E-state index is 0.0780. The normalized spacial score (nSPS) is 14.5. The van der Waals surface area contributed by atoms with Gasteiger partial charge >= 0.3 is 0 Å². The molecule has 3 heterocycles. The van der Waals surface area contributed by atoms with Gasteiger partial charge in [-0.25, -0.2) is 4.98 Å². The molecule has 2 aromatic heterocycles. The Morgan fingerprint density at radius 1 is 1.06 bits per heavy atom. The zero-order valence-electron chi connectivity index (χ0n) is 19.3. The molecule has 174 valence electrons. The molecular formula is C24H30BrN7O. The summed E-state index contributed by atoms with van der Waals surface area (Å²) < 4.78 is 2.39. The van der Waals surface area contributed by atoms with Gasteiger partial charge < -0.3 is 25.0 Å². The number of pyridine rings is 1. The van der Waals surface area contributed by atoms with Crippen molar-refractivity contribution in [3.63, 3.8) is 0 Å². The molecule has 1 fully saturated rings. The molecule has 33 heavy (non-hydrogen) atoms. The Morgan fingerprint density at radius 3 is 2.48 bits per heavy atom. The van der Waals surface area contributed by atoms with Crippen LogP contribution in [0.15, 0.2) is 58.1 Å². The average Bonchev–Trinajstić information content (AvgIpc) is 2.79. The Bertz CT molecular complexity index is 1140. The van der Waals surface area contributed by atoms with Crippen molar-refractivity contribution >= 4 is 44.8 Å². The lowest BCUT2D eigenvalue weighted by Gasteiger charge is -2.34. The van der Waals surface area contributed by atoms with Crippen molar-refractivity contribution in [2.75, 3.05) is 48.8 Å². The molecule has 0 bridgehead atoms. The van der Waals surface area contributed by atoms with Crippen LogP contribution in [0.2, 0.25) is 0 Å². The van der Waals surface area contributed by atoms with Crippen molar-refractivity contribution in [3.05, 3.63) is 63.6 Å². The van der Waals surface area contributed by atoms with E-state index in [9.17, 15) is 4.79 Å². The van der Waals surface area contributed by atoms with E-state index in [-0.39, 0.29) is 5.56 Å². The van der Waals surface area contributed by atoms with Crippen LogP contribution in [0, 0.1) is 5.92 Å². The summed E-state index contributed by atoms with van der Waals surface area (Å²) in [5.74, 6) is 1.36. The summed E-state index contributed by atoms with van der Waals surface area (Å²) in [6.07, 6.45) is 3.48. The fourth-order valence-corrected chi connectivity index (χ4v) is 4.05. The topological polar surface area (TPSA) is 78.3 Å². The maximum Gasteiger partial charge on any atom is 0.274 e. The minimum Gasteiger partial charge on any atom is -0.369 e. The highest BCUT2D eigenvalue weighted by Gasteiger charge is 2.14. The van der Waals surface area contributed by atoms with Crippen LogP contribution in [-0.2, 0) is 6.54 Å². The van der Waals surface area contributed by atoms with Gasteiger partial charge in [-0.1, -0.05) is 13.8 Å². The van der Waals surface area contributed by atoms with Gasteiger partial charge in [-0.05, 0) is 65.3 Å². The van der Waals surface area contributed by atoms with E-state index in [0.29, 0.717) is 34.4 Å². The van der Waals surface area contributed by atoms with Gasteiger partial charge in [0.25, 0.3) is 5.56 Å². The molecule has 1 aliphatic heterocycles. The van der Waals surface area contributed by atoms with Crippen LogP contribution in [0.1, 0.15) is 13.8 Å². The first-order chi connectivity index (χ1) is 15.9. The number of rotatable bonds is 7. The number of piperazine rings is 1. The molecule has 4 rings (SSSR count). The van der Waals surface area contributed by atoms with Gasteiger partial charge in [0.2, 0.25) is 5.95 Å². The molecule has 0 atom stereocenters. The van der Waals surface area contributed by atoms with Gasteiger partial charge in [0.05, 0.1) is 4.47 Å². The molecule has 0 amide bonds. The van der Waals surface area contributed by atoms with Crippen molar-refractivity contribution < 1.29 is 0 Å². The van der Waals surface area contributed by atoms with E-state index < -0.39 is 0 Å². The summed E-state index contributed by atoms with van der Waals surface area (Å²) in [5, 5.41) is 6.41. The van der Waals surface area contributed by atoms with E-state index >= 15 is 0 Å². The summed E-state index contributed by atoms with van der Waals surface area (Å²) in [6.45, 7) is 9.06. The molecule has 0 unspecified atom stereocenters. The zero-order chi connectivity index (χ0) is 23.4. The highest BCUT2D eigenvalue weighted by molar-refractivity contribution is 9.10. The molecule has 0 saturated carbocycles. The van der Waals surface area contributed by atoms with E-state index in [2.05, 4.69) is 79.4 Å². The van der Waals surface area contributed by atoms with Crippen LogP contribution >= 0.6 is 15.9 Å². The Labute approximate surface area is 202 Å². The second-order valence-corrected chi connectivity index (χ2v) is 9.60. The molecule has 0 radical (unpaired) electrons. The summed E-state index contributed by atoms with van der Waals surface area (Å²) >= 11 is 3.48. The number of nitrogens with one attached hydrogen (secondary N) is 2. The Balaban J connectivity index is 1.47. The monoisotopic (exact) mass is 511 g/mol. The van der Waals surface area contributed by atoms with Gasteiger partial charge in [-0.2, -0.15) is 4.98 Å². The average molecular weight is 512 g/mol. The number of hydrogen-bond acceptors (Lipinski definition) is 7. The predicted molar refractivity (Wildman–Crippen MR) is 138 cm³/mol. The highest BCUT2D eigenvalue weighted by Crippen LogP contribution is 2.25. The fourth-order valence-electron chi connectivity index (χ4n) is 3.76. The second kappa shape index (κ2) is 10.4. The van der Waals surface area contributed by atoms with E-state index in [4.69, 9.17) is 0 Å². The van der Waals surface area contributed by atoms with Crippen molar-refractivity contribution in [1.29, 1.82) is 0 Å². The summed E-state index contributed by atoms with van der Waals surface area (Å²) in [7, 11) is 2.16. The van der Waals surface area contributed by atoms with Gasteiger partial charge in [0.1, 0.15) is 5.69 Å². The maximum atomic E-state index is 12.8. The van der Waals surface area contributed by atoms with Crippen LogP contribution in [0.3, 0.4) is 0 Å². The molecule has 1 saturated heterocycles. The van der Waals surface area contributed by atoms with E-state index in [0.717, 1.165) is 31.9 Å². The number of aromatic nitrogens is 3. The zero-order valence-corrected chi connectivity index (χ0v) is 20.8. The maximum absolute atomic E-state index is 12.8. The van der Waals surface area contributed by atoms with Crippen molar-refractivity contribution in [2.24, 2.45) is 5.92 Å². The van der Waals surface area contributed by atoms with E-state index in [1.165, 1.54) is 5.69 Å². The largest absolute Gasteiger partial charge is 0.369 e. The number of anilines is 5. The van der Waals surface area contributed by atoms with Crippen molar-refractivity contribution in [3.8, 4) is 0 Å². The van der Waals surface area contributed by atoms with Crippen LogP contribution in [0.4, 0.5) is 28.8 Å². The third-order valence-electron chi connectivity index (χ3n) is 5.57. The first-order valence-electron chi connectivity index (χ1n) is 11.2. The quantitative estimate of drug-likeness (QED) is 0.489. The lowest BCUT2D eigenvalue weighted by molar-refractivity contribution is 0.313. The Morgan fingerprint density at radius 2 is 1.79 bits per heavy atom. The lowest BCUT2D eigenvalue weighted by Crippen LogP contribution is -2.44. The molecule has 1 aromatic carbocycles. The standard InChI is InChI=1S/C24H30BrN7O/c1-17(2)16-32-10-4-5-21(23(32)33)28-22-20(25)15-26-24(29-22)27-18-6-8-19(9-7-18)31-13-11-30(3)12-14-31/h4-10,15,17H,11-14,16H2,1-3H3,(H2,26,27,28,29). The number of hydrogen-bond donors (Lipinski definition) is 2. The number of nitrogens with zero attached hydrogens (tertiary/aromatic N) is 5. The molecule has 0 spiro atoms.